The largest absolute Gasteiger partial charge is 0.381 e. The van der Waals surface area contributed by atoms with Crippen LogP contribution in [0.4, 0.5) is 11.4 Å². The lowest BCUT2D eigenvalue weighted by Gasteiger charge is -2.23. The molecule has 2 N–H and O–H groups in total. The summed E-state index contributed by atoms with van der Waals surface area (Å²) in [5.74, 6) is 0. The van der Waals surface area contributed by atoms with Gasteiger partial charge < -0.3 is 15.5 Å². The van der Waals surface area contributed by atoms with Crippen LogP contribution in [0.2, 0.25) is 5.02 Å². The van der Waals surface area contributed by atoms with E-state index in [2.05, 4.69) is 35.7 Å². The molecule has 1 aliphatic rings. The molecule has 1 atom stereocenters. The van der Waals surface area contributed by atoms with Crippen molar-refractivity contribution in [3.63, 3.8) is 0 Å². The maximum absolute atomic E-state index is 6.10. The molecule has 0 bridgehead atoms. The quantitative estimate of drug-likeness (QED) is 0.882. The molecule has 100 valence electrons. The fourth-order valence-electron chi connectivity index (χ4n) is 2.40. The number of benzene rings is 1. The minimum atomic E-state index is 0.539. The van der Waals surface area contributed by atoms with Gasteiger partial charge in [0.1, 0.15) is 0 Å². The standard InChI is InChI=1S/C14H22ClN3/c1-18(2)14-6-5-11(15)10-13(14)17-12-4-3-8-16-9-7-12/h5-6,10,12,16-17H,3-4,7-9H2,1-2H3. The molecule has 0 saturated carbocycles. The minimum Gasteiger partial charge on any atom is -0.381 e. The third kappa shape index (κ3) is 3.53. The second-order valence-corrected chi connectivity index (χ2v) is 5.51. The Morgan fingerprint density at radius 2 is 2.11 bits per heavy atom. The van der Waals surface area contributed by atoms with Crippen LogP contribution in [0.5, 0.6) is 0 Å². The van der Waals surface area contributed by atoms with Gasteiger partial charge in [-0.05, 0) is 50.6 Å². The van der Waals surface area contributed by atoms with Gasteiger partial charge in [0.2, 0.25) is 0 Å². The first-order valence-electron chi connectivity index (χ1n) is 6.61. The van der Waals surface area contributed by atoms with Gasteiger partial charge in [-0.25, -0.2) is 0 Å². The topological polar surface area (TPSA) is 27.3 Å². The summed E-state index contributed by atoms with van der Waals surface area (Å²) < 4.78 is 0. The highest BCUT2D eigenvalue weighted by Crippen LogP contribution is 2.29. The van der Waals surface area contributed by atoms with Gasteiger partial charge in [0.15, 0.2) is 0 Å². The molecule has 0 radical (unpaired) electrons. The molecule has 1 saturated heterocycles. The maximum atomic E-state index is 6.10. The molecule has 1 unspecified atom stereocenters. The first-order valence-corrected chi connectivity index (χ1v) is 6.99. The minimum absolute atomic E-state index is 0.539. The number of anilines is 2. The molecule has 1 fully saturated rings. The van der Waals surface area contributed by atoms with Crippen molar-refractivity contribution in [2.75, 3.05) is 37.4 Å². The zero-order chi connectivity index (χ0) is 13.0. The van der Waals surface area contributed by atoms with Crippen LogP contribution in [-0.2, 0) is 0 Å². The van der Waals surface area contributed by atoms with Gasteiger partial charge in [-0.3, -0.25) is 0 Å². The first-order chi connectivity index (χ1) is 8.66. The predicted octanol–water partition coefficient (Wildman–Crippen LogP) is 2.96. The summed E-state index contributed by atoms with van der Waals surface area (Å²) in [6.07, 6.45) is 3.61. The Balaban J connectivity index is 2.13. The molecule has 0 spiro atoms. The van der Waals surface area contributed by atoms with Crippen molar-refractivity contribution in [1.82, 2.24) is 5.32 Å². The Morgan fingerprint density at radius 1 is 1.28 bits per heavy atom. The van der Waals surface area contributed by atoms with Gasteiger partial charge in [-0.15, -0.1) is 0 Å². The molecular formula is C14H22ClN3. The van der Waals surface area contributed by atoms with E-state index in [4.69, 9.17) is 11.6 Å². The fraction of sp³-hybridized carbons (Fsp3) is 0.571. The molecule has 0 aliphatic carbocycles. The highest BCUT2D eigenvalue weighted by atomic mass is 35.5. The van der Waals surface area contributed by atoms with Crippen LogP contribution < -0.4 is 15.5 Å². The van der Waals surface area contributed by atoms with E-state index in [1.807, 2.05) is 12.1 Å². The average Bonchev–Trinajstić information content (AvgIpc) is 2.57. The molecule has 4 heteroatoms. The van der Waals surface area contributed by atoms with E-state index < -0.39 is 0 Å². The second kappa shape index (κ2) is 6.30. The summed E-state index contributed by atoms with van der Waals surface area (Å²) in [7, 11) is 4.12. The number of nitrogens with zero attached hydrogens (tertiary/aromatic N) is 1. The second-order valence-electron chi connectivity index (χ2n) is 5.08. The Labute approximate surface area is 115 Å². The molecule has 1 aromatic carbocycles. The highest BCUT2D eigenvalue weighted by Gasteiger charge is 2.14. The molecule has 18 heavy (non-hydrogen) atoms. The molecule has 2 rings (SSSR count). The number of nitrogens with one attached hydrogen (secondary N) is 2. The van der Waals surface area contributed by atoms with Crippen molar-refractivity contribution in [1.29, 1.82) is 0 Å². The van der Waals surface area contributed by atoms with Crippen molar-refractivity contribution in [2.45, 2.75) is 25.3 Å². The van der Waals surface area contributed by atoms with Crippen molar-refractivity contribution in [3.05, 3.63) is 23.2 Å². The predicted molar refractivity (Wildman–Crippen MR) is 79.9 cm³/mol. The van der Waals surface area contributed by atoms with Gasteiger partial charge in [0, 0.05) is 25.2 Å². The van der Waals surface area contributed by atoms with Crippen LogP contribution in [0.1, 0.15) is 19.3 Å². The van der Waals surface area contributed by atoms with Crippen LogP contribution in [0.3, 0.4) is 0 Å². The highest BCUT2D eigenvalue weighted by molar-refractivity contribution is 6.31. The Kier molecular flexibility index (Phi) is 4.72. The Morgan fingerprint density at radius 3 is 2.89 bits per heavy atom. The lowest BCUT2D eigenvalue weighted by molar-refractivity contribution is 0.637. The van der Waals surface area contributed by atoms with Crippen molar-refractivity contribution < 1.29 is 0 Å². The van der Waals surface area contributed by atoms with Crippen molar-refractivity contribution in [2.24, 2.45) is 0 Å². The monoisotopic (exact) mass is 267 g/mol. The van der Waals surface area contributed by atoms with Crippen LogP contribution in [-0.4, -0.2) is 33.2 Å². The van der Waals surface area contributed by atoms with Crippen LogP contribution >= 0.6 is 11.6 Å². The Bertz CT molecular complexity index is 385. The number of rotatable bonds is 3. The lowest BCUT2D eigenvalue weighted by atomic mass is 10.1. The molecule has 0 aromatic heterocycles. The van der Waals surface area contributed by atoms with Crippen LogP contribution in [0, 0.1) is 0 Å². The van der Waals surface area contributed by atoms with E-state index in [0.29, 0.717) is 6.04 Å². The van der Waals surface area contributed by atoms with E-state index >= 15 is 0 Å². The van der Waals surface area contributed by atoms with Crippen molar-refractivity contribution >= 4 is 23.0 Å². The van der Waals surface area contributed by atoms with Gasteiger partial charge >= 0.3 is 0 Å². The summed E-state index contributed by atoms with van der Waals surface area (Å²) >= 11 is 6.10. The summed E-state index contributed by atoms with van der Waals surface area (Å²) in [6, 6.07) is 6.57. The third-order valence-corrected chi connectivity index (χ3v) is 3.61. The lowest BCUT2D eigenvalue weighted by Crippen LogP contribution is -2.23. The van der Waals surface area contributed by atoms with E-state index in [1.54, 1.807) is 0 Å². The molecule has 1 aliphatic heterocycles. The van der Waals surface area contributed by atoms with Crippen LogP contribution in [0.25, 0.3) is 0 Å². The molecular weight excluding hydrogens is 246 g/mol. The summed E-state index contributed by atoms with van der Waals surface area (Å²) in [5.41, 5.74) is 2.33. The Hall–Kier alpha value is -0.930. The summed E-state index contributed by atoms with van der Waals surface area (Å²) in [5, 5.41) is 7.87. The van der Waals surface area contributed by atoms with E-state index in [-0.39, 0.29) is 0 Å². The summed E-state index contributed by atoms with van der Waals surface area (Å²) in [4.78, 5) is 2.12. The molecule has 0 amide bonds. The number of hydrogen-bond donors (Lipinski definition) is 2. The summed E-state index contributed by atoms with van der Waals surface area (Å²) in [6.45, 7) is 2.23. The zero-order valence-corrected chi connectivity index (χ0v) is 11.9. The molecule has 1 aromatic rings. The average molecular weight is 268 g/mol. The first kappa shape index (κ1) is 13.5. The fourth-order valence-corrected chi connectivity index (χ4v) is 2.57. The van der Waals surface area contributed by atoms with Crippen molar-refractivity contribution in [3.8, 4) is 0 Å². The maximum Gasteiger partial charge on any atom is 0.0597 e. The van der Waals surface area contributed by atoms with Gasteiger partial charge in [-0.2, -0.15) is 0 Å². The third-order valence-electron chi connectivity index (χ3n) is 3.38. The van der Waals surface area contributed by atoms with Gasteiger partial charge in [0.05, 0.1) is 11.4 Å². The van der Waals surface area contributed by atoms with Gasteiger partial charge in [-0.1, -0.05) is 11.6 Å². The molecule has 3 nitrogen and oxygen atoms in total. The SMILES string of the molecule is CN(C)c1ccc(Cl)cc1NC1CCCNCC1. The smallest absolute Gasteiger partial charge is 0.0597 e. The van der Waals surface area contributed by atoms with E-state index in [1.165, 1.54) is 24.9 Å². The number of halogens is 1. The van der Waals surface area contributed by atoms with E-state index in [0.717, 1.165) is 23.8 Å². The van der Waals surface area contributed by atoms with Crippen LogP contribution in [0.15, 0.2) is 18.2 Å². The zero-order valence-electron chi connectivity index (χ0n) is 11.2. The van der Waals surface area contributed by atoms with Gasteiger partial charge in [0.25, 0.3) is 0 Å². The number of hydrogen-bond acceptors (Lipinski definition) is 3. The normalized spacial score (nSPS) is 20.3. The van der Waals surface area contributed by atoms with E-state index in [9.17, 15) is 0 Å². The molecule has 1 heterocycles.